The molecule has 40 heavy (non-hydrogen) atoms. The van der Waals surface area contributed by atoms with Gasteiger partial charge in [0.2, 0.25) is 0 Å². The lowest BCUT2D eigenvalue weighted by Gasteiger charge is -2.37. The van der Waals surface area contributed by atoms with Gasteiger partial charge >= 0.3 is 6.09 Å². The summed E-state index contributed by atoms with van der Waals surface area (Å²) in [7, 11) is 0. The molecule has 214 valence electrons. The first-order chi connectivity index (χ1) is 19.0. The van der Waals surface area contributed by atoms with Gasteiger partial charge in [0.05, 0.1) is 0 Å². The van der Waals surface area contributed by atoms with Crippen LogP contribution in [0.4, 0.5) is 4.79 Å². The fourth-order valence-electron chi connectivity index (χ4n) is 4.92. The van der Waals surface area contributed by atoms with Crippen LogP contribution in [0.2, 0.25) is 0 Å². The molecule has 2 amide bonds. The number of aryl methyl sites for hydroxylation is 2. The van der Waals surface area contributed by atoms with Crippen LogP contribution in [-0.4, -0.2) is 17.6 Å². The van der Waals surface area contributed by atoms with Crippen molar-refractivity contribution in [3.63, 3.8) is 0 Å². The van der Waals surface area contributed by atoms with Crippen molar-refractivity contribution in [2.75, 3.05) is 0 Å². The van der Waals surface area contributed by atoms with Crippen LogP contribution in [0.3, 0.4) is 0 Å². The molecule has 0 aromatic heterocycles. The number of carbonyl (C=O) groups excluding carboxylic acids is 2. The minimum atomic E-state index is -0.800. The lowest BCUT2D eigenvalue weighted by molar-refractivity contribution is 0.0561. The largest absolute Gasteiger partial charge is 0.487 e. The minimum Gasteiger partial charge on any atom is -0.487 e. The van der Waals surface area contributed by atoms with Crippen LogP contribution in [0, 0.1) is 6.92 Å². The molecule has 2 aromatic rings. The number of ether oxygens (including phenoxy) is 2. The zero-order valence-corrected chi connectivity index (χ0v) is 25.1. The summed E-state index contributed by atoms with van der Waals surface area (Å²) >= 11 is 0. The smallest absolute Gasteiger partial charge is 0.419 e. The topological polar surface area (TPSA) is 64.6 Å². The highest BCUT2D eigenvalue weighted by molar-refractivity contribution is 6.03. The second-order valence-electron chi connectivity index (χ2n) is 11.5. The van der Waals surface area contributed by atoms with Crippen molar-refractivity contribution >= 4 is 12.0 Å². The quantitative estimate of drug-likeness (QED) is 0.287. The van der Waals surface area contributed by atoms with Crippen molar-refractivity contribution in [1.29, 1.82) is 0 Å². The van der Waals surface area contributed by atoms with Gasteiger partial charge in [0, 0.05) is 5.56 Å². The first-order valence-corrected chi connectivity index (χ1v) is 14.4. The van der Waals surface area contributed by atoms with Crippen LogP contribution in [0.5, 0.6) is 11.5 Å². The Balaban J connectivity index is 1.49. The van der Waals surface area contributed by atoms with Crippen molar-refractivity contribution < 1.29 is 19.1 Å². The number of amides is 2. The van der Waals surface area contributed by atoms with Gasteiger partial charge in [-0.1, -0.05) is 53.1 Å². The summed E-state index contributed by atoms with van der Waals surface area (Å²) in [6.07, 6.45) is 14.3. The molecule has 0 fully saturated rings. The van der Waals surface area contributed by atoms with E-state index in [1.165, 1.54) is 16.7 Å². The molecule has 5 nitrogen and oxygen atoms in total. The maximum Gasteiger partial charge on any atom is 0.419 e. The number of carbonyl (C=O) groups is 2. The van der Waals surface area contributed by atoms with E-state index in [9.17, 15) is 9.59 Å². The second kappa shape index (κ2) is 14.7. The van der Waals surface area contributed by atoms with Crippen LogP contribution in [-0.2, 0) is 6.42 Å². The van der Waals surface area contributed by atoms with Gasteiger partial charge in [0.15, 0.2) is 0 Å². The molecule has 1 heterocycles. The number of benzene rings is 2. The van der Waals surface area contributed by atoms with Crippen LogP contribution in [0.15, 0.2) is 77.4 Å². The standard InChI is InChI=1S/C35H45NO4/c1-25(2)13-10-14-26(3)15-11-16-27(4)17-12-21-35(6)22-20-30-24-31(23-28(5)32(30)40-35)39-34(38)36-33(37)29-18-8-7-9-19-29/h7-9,13,15,17-19,23-24H,10-12,14,16,20-22H2,1-6H3,(H,36,37,38)/t35-/m1/s1. The fraction of sp³-hybridized carbons (Fsp3) is 0.429. The lowest BCUT2D eigenvalue weighted by Crippen LogP contribution is -2.36. The summed E-state index contributed by atoms with van der Waals surface area (Å²) < 4.78 is 12.0. The van der Waals surface area contributed by atoms with E-state index >= 15 is 0 Å². The molecular weight excluding hydrogens is 498 g/mol. The van der Waals surface area contributed by atoms with Crippen molar-refractivity contribution in [3.05, 3.63) is 94.1 Å². The number of nitrogens with one attached hydrogen (secondary N) is 1. The van der Waals surface area contributed by atoms with E-state index in [2.05, 4.69) is 58.2 Å². The van der Waals surface area contributed by atoms with Gasteiger partial charge in [0.1, 0.15) is 17.1 Å². The van der Waals surface area contributed by atoms with Gasteiger partial charge in [0.25, 0.3) is 5.91 Å². The van der Waals surface area contributed by atoms with Gasteiger partial charge in [-0.2, -0.15) is 0 Å². The highest BCUT2D eigenvalue weighted by atomic mass is 16.6. The molecule has 1 aliphatic rings. The molecule has 1 aliphatic heterocycles. The summed E-state index contributed by atoms with van der Waals surface area (Å²) in [5, 5.41) is 2.28. The monoisotopic (exact) mass is 543 g/mol. The zero-order valence-electron chi connectivity index (χ0n) is 25.1. The average molecular weight is 544 g/mol. The van der Waals surface area contributed by atoms with E-state index < -0.39 is 12.0 Å². The predicted octanol–water partition coefficient (Wildman–Crippen LogP) is 9.21. The van der Waals surface area contributed by atoms with Crippen LogP contribution in [0.1, 0.15) is 101 Å². The van der Waals surface area contributed by atoms with E-state index in [-0.39, 0.29) is 5.60 Å². The number of imide groups is 1. The van der Waals surface area contributed by atoms with Gasteiger partial charge in [-0.15, -0.1) is 0 Å². The second-order valence-corrected chi connectivity index (χ2v) is 11.5. The number of hydrogen-bond donors (Lipinski definition) is 1. The summed E-state index contributed by atoms with van der Waals surface area (Å²) in [4.78, 5) is 24.6. The summed E-state index contributed by atoms with van der Waals surface area (Å²) in [6, 6.07) is 12.2. The number of hydrogen-bond acceptors (Lipinski definition) is 4. The number of rotatable bonds is 11. The number of allylic oxidation sites excluding steroid dienone is 6. The SMILES string of the molecule is CC(C)=CCCC(C)=CCCC(C)=CCC[C@]1(C)CCc2cc(OC(=O)NC(=O)c3ccccc3)cc(C)c2O1. The third kappa shape index (κ3) is 9.86. The highest BCUT2D eigenvalue weighted by Crippen LogP contribution is 2.40. The normalized spacial score (nSPS) is 16.9. The van der Waals surface area contributed by atoms with Gasteiger partial charge in [-0.05, 0) is 128 Å². The van der Waals surface area contributed by atoms with Gasteiger partial charge in [-0.3, -0.25) is 10.1 Å². The van der Waals surface area contributed by atoms with Gasteiger partial charge < -0.3 is 9.47 Å². The molecule has 0 saturated carbocycles. The fourth-order valence-corrected chi connectivity index (χ4v) is 4.92. The lowest BCUT2D eigenvalue weighted by atomic mass is 9.87. The Bertz CT molecular complexity index is 1270. The summed E-state index contributed by atoms with van der Waals surface area (Å²) in [5.74, 6) is 0.781. The third-order valence-corrected chi connectivity index (χ3v) is 7.35. The Kier molecular flexibility index (Phi) is 11.4. The molecule has 1 N–H and O–H groups in total. The minimum absolute atomic E-state index is 0.238. The van der Waals surface area contributed by atoms with Crippen LogP contribution >= 0.6 is 0 Å². The maximum atomic E-state index is 12.3. The molecule has 5 heteroatoms. The van der Waals surface area contributed by atoms with Crippen molar-refractivity contribution in [2.24, 2.45) is 0 Å². The molecule has 0 aliphatic carbocycles. The number of fused-ring (bicyclic) bond motifs is 1. The van der Waals surface area contributed by atoms with Crippen LogP contribution < -0.4 is 14.8 Å². The average Bonchev–Trinajstić information content (AvgIpc) is 2.89. The molecule has 0 radical (unpaired) electrons. The van der Waals surface area contributed by atoms with Crippen molar-refractivity contribution in [2.45, 2.75) is 98.5 Å². The van der Waals surface area contributed by atoms with E-state index in [1.807, 2.05) is 19.1 Å². The Morgan fingerprint density at radius 3 is 2.27 bits per heavy atom. The van der Waals surface area contributed by atoms with E-state index in [0.29, 0.717) is 11.3 Å². The van der Waals surface area contributed by atoms with Crippen molar-refractivity contribution in [3.8, 4) is 11.5 Å². The first-order valence-electron chi connectivity index (χ1n) is 14.4. The first kappa shape index (κ1) is 30.9. The Labute approximate surface area is 240 Å². The molecule has 1 atom stereocenters. The summed E-state index contributed by atoms with van der Waals surface area (Å²) in [5.41, 5.74) is 6.38. The Hall–Kier alpha value is -3.60. The molecule has 3 rings (SSSR count). The molecule has 0 saturated heterocycles. The highest BCUT2D eigenvalue weighted by Gasteiger charge is 2.32. The maximum absolute atomic E-state index is 12.3. The summed E-state index contributed by atoms with van der Waals surface area (Å²) in [6.45, 7) is 12.9. The Morgan fingerprint density at radius 1 is 0.950 bits per heavy atom. The molecule has 0 bridgehead atoms. The Morgan fingerprint density at radius 2 is 1.60 bits per heavy atom. The predicted molar refractivity (Wildman–Crippen MR) is 163 cm³/mol. The molecule has 0 spiro atoms. The van der Waals surface area contributed by atoms with Gasteiger partial charge in [-0.25, -0.2) is 4.79 Å². The molecular formula is C35H45NO4. The van der Waals surface area contributed by atoms with Crippen molar-refractivity contribution in [1.82, 2.24) is 5.32 Å². The zero-order chi connectivity index (χ0) is 29.1. The third-order valence-electron chi connectivity index (χ3n) is 7.35. The van der Waals surface area contributed by atoms with Crippen LogP contribution in [0.25, 0.3) is 0 Å². The molecule has 0 unspecified atom stereocenters. The van der Waals surface area contributed by atoms with E-state index in [0.717, 1.165) is 68.2 Å². The van der Waals surface area contributed by atoms with E-state index in [1.54, 1.807) is 30.3 Å². The molecule has 2 aromatic carbocycles. The van der Waals surface area contributed by atoms with E-state index in [4.69, 9.17) is 9.47 Å².